The van der Waals surface area contributed by atoms with Crippen LogP contribution in [0.25, 0.3) is 0 Å². The van der Waals surface area contributed by atoms with E-state index in [4.69, 9.17) is 9.47 Å². The van der Waals surface area contributed by atoms with Gasteiger partial charge >= 0.3 is 0 Å². The maximum Gasteiger partial charge on any atom is 0.230 e. The fraction of sp³-hybridized carbons (Fsp3) is 0.375. The molecule has 1 fully saturated rings. The van der Waals surface area contributed by atoms with E-state index in [1.54, 1.807) is 0 Å². The number of amides is 1. The smallest absolute Gasteiger partial charge is 0.230 e. The second-order valence-electron chi connectivity index (χ2n) is 5.55. The van der Waals surface area contributed by atoms with Crippen LogP contribution in [0.2, 0.25) is 0 Å². The van der Waals surface area contributed by atoms with E-state index in [-0.39, 0.29) is 5.91 Å². The molecule has 2 heterocycles. The first-order valence-electron chi connectivity index (χ1n) is 7.42. The number of thiazole rings is 1. The van der Waals surface area contributed by atoms with Gasteiger partial charge < -0.3 is 14.8 Å². The lowest BCUT2D eigenvalue weighted by Crippen LogP contribution is -2.17. The summed E-state index contributed by atoms with van der Waals surface area (Å²) in [6.45, 7) is 1.12. The maximum absolute atomic E-state index is 12.1. The lowest BCUT2D eigenvalue weighted by molar-refractivity contribution is -0.115. The van der Waals surface area contributed by atoms with Gasteiger partial charge in [-0.3, -0.25) is 4.79 Å². The van der Waals surface area contributed by atoms with Crippen LogP contribution in [0.5, 0.6) is 11.5 Å². The molecule has 1 aliphatic carbocycles. The summed E-state index contributed by atoms with van der Waals surface area (Å²) in [6, 6.07) is 5.61. The average molecular weight is 316 g/mol. The fourth-order valence-electron chi connectivity index (χ4n) is 2.46. The summed E-state index contributed by atoms with van der Waals surface area (Å²) in [7, 11) is 0. The molecule has 0 spiro atoms. The van der Waals surface area contributed by atoms with Crippen LogP contribution in [0.4, 0.5) is 5.13 Å². The number of aromatic nitrogens is 1. The Morgan fingerprint density at radius 1 is 1.27 bits per heavy atom. The van der Waals surface area contributed by atoms with E-state index < -0.39 is 0 Å². The molecule has 1 amide bonds. The minimum absolute atomic E-state index is 0.0617. The summed E-state index contributed by atoms with van der Waals surface area (Å²) >= 11 is 1.49. The Bertz CT molecular complexity index is 709. The molecule has 0 atom stereocenters. The van der Waals surface area contributed by atoms with Crippen LogP contribution in [0.1, 0.15) is 30.0 Å². The second kappa shape index (κ2) is 5.61. The van der Waals surface area contributed by atoms with Crippen molar-refractivity contribution in [2.45, 2.75) is 25.2 Å². The van der Waals surface area contributed by atoms with Gasteiger partial charge in [-0.2, -0.15) is 0 Å². The highest BCUT2D eigenvalue weighted by Gasteiger charge is 2.26. The summed E-state index contributed by atoms with van der Waals surface area (Å²) in [6.07, 6.45) is 2.73. The van der Waals surface area contributed by atoms with Crippen molar-refractivity contribution < 1.29 is 14.3 Å². The summed E-state index contributed by atoms with van der Waals surface area (Å²) in [5, 5.41) is 5.59. The Balaban J connectivity index is 1.40. The lowest BCUT2D eigenvalue weighted by Gasteiger charge is -2.18. The predicted molar refractivity (Wildman–Crippen MR) is 83.9 cm³/mol. The fourth-order valence-corrected chi connectivity index (χ4v) is 3.27. The van der Waals surface area contributed by atoms with Crippen molar-refractivity contribution in [1.82, 2.24) is 4.98 Å². The van der Waals surface area contributed by atoms with Gasteiger partial charge in [-0.25, -0.2) is 4.98 Å². The van der Waals surface area contributed by atoms with E-state index in [0.29, 0.717) is 36.4 Å². The van der Waals surface area contributed by atoms with E-state index in [1.165, 1.54) is 24.2 Å². The van der Waals surface area contributed by atoms with Crippen molar-refractivity contribution in [1.29, 1.82) is 0 Å². The number of fused-ring (bicyclic) bond motifs is 1. The van der Waals surface area contributed by atoms with Gasteiger partial charge in [-0.05, 0) is 30.5 Å². The monoisotopic (exact) mass is 316 g/mol. The number of ether oxygens (including phenoxy) is 2. The Hall–Kier alpha value is -2.08. The van der Waals surface area contributed by atoms with Gasteiger partial charge in [0.25, 0.3) is 0 Å². The maximum atomic E-state index is 12.1. The Morgan fingerprint density at radius 2 is 2.09 bits per heavy atom. The lowest BCUT2D eigenvalue weighted by atomic mass is 10.1. The zero-order valence-electron chi connectivity index (χ0n) is 12.0. The van der Waals surface area contributed by atoms with Crippen LogP contribution in [0.3, 0.4) is 0 Å². The van der Waals surface area contributed by atoms with Gasteiger partial charge in [0.15, 0.2) is 16.6 Å². The van der Waals surface area contributed by atoms with Crippen molar-refractivity contribution in [3.63, 3.8) is 0 Å². The van der Waals surface area contributed by atoms with Gasteiger partial charge in [0, 0.05) is 11.3 Å². The molecule has 2 aliphatic rings. The molecule has 22 heavy (non-hydrogen) atoms. The van der Waals surface area contributed by atoms with Crippen LogP contribution in [-0.4, -0.2) is 24.1 Å². The Labute approximate surface area is 132 Å². The van der Waals surface area contributed by atoms with Crippen LogP contribution < -0.4 is 14.8 Å². The molecule has 1 N–H and O–H groups in total. The molecule has 1 aromatic heterocycles. The second-order valence-corrected chi connectivity index (χ2v) is 6.41. The number of carbonyl (C=O) groups is 1. The topological polar surface area (TPSA) is 60.5 Å². The van der Waals surface area contributed by atoms with E-state index in [0.717, 1.165) is 17.0 Å². The minimum Gasteiger partial charge on any atom is -0.486 e. The third-order valence-corrected chi connectivity index (χ3v) is 4.51. The Kier molecular flexibility index (Phi) is 3.46. The van der Waals surface area contributed by atoms with Crippen LogP contribution >= 0.6 is 11.3 Å². The predicted octanol–water partition coefficient (Wildman–Crippen LogP) is 2.97. The zero-order chi connectivity index (χ0) is 14.9. The normalized spacial score (nSPS) is 16.4. The molecule has 1 aromatic carbocycles. The van der Waals surface area contributed by atoms with Gasteiger partial charge in [0.05, 0.1) is 12.1 Å². The molecule has 5 nitrogen and oxygen atoms in total. The molecule has 1 aliphatic heterocycles. The molecular weight excluding hydrogens is 300 g/mol. The van der Waals surface area contributed by atoms with E-state index >= 15 is 0 Å². The van der Waals surface area contributed by atoms with E-state index in [2.05, 4.69) is 10.3 Å². The van der Waals surface area contributed by atoms with E-state index in [1.807, 2.05) is 23.6 Å². The van der Waals surface area contributed by atoms with E-state index in [9.17, 15) is 4.79 Å². The number of anilines is 1. The third kappa shape index (κ3) is 2.92. The Morgan fingerprint density at radius 3 is 2.91 bits per heavy atom. The number of hydrogen-bond acceptors (Lipinski definition) is 5. The quantitative estimate of drug-likeness (QED) is 0.942. The molecule has 4 rings (SSSR count). The molecule has 2 aromatic rings. The molecule has 6 heteroatoms. The molecule has 0 saturated heterocycles. The summed E-state index contributed by atoms with van der Waals surface area (Å²) in [4.78, 5) is 16.6. The van der Waals surface area contributed by atoms with Crippen molar-refractivity contribution in [3.05, 3.63) is 34.8 Å². The first kappa shape index (κ1) is 13.6. The van der Waals surface area contributed by atoms with Crippen LogP contribution in [0, 0.1) is 0 Å². The first-order chi connectivity index (χ1) is 10.8. The molecule has 0 unspecified atom stereocenters. The SMILES string of the molecule is O=C(Cc1ccc2c(c1)OCCO2)Nc1nc(C2CC2)cs1. The largest absolute Gasteiger partial charge is 0.486 e. The van der Waals surface area contributed by atoms with Crippen LogP contribution in [-0.2, 0) is 11.2 Å². The summed E-state index contributed by atoms with van der Waals surface area (Å²) in [5.41, 5.74) is 2.01. The summed E-state index contributed by atoms with van der Waals surface area (Å²) in [5.74, 6) is 2.00. The highest BCUT2D eigenvalue weighted by atomic mass is 32.1. The first-order valence-corrected chi connectivity index (χ1v) is 8.30. The van der Waals surface area contributed by atoms with Crippen molar-refractivity contribution in [3.8, 4) is 11.5 Å². The molecule has 1 saturated carbocycles. The van der Waals surface area contributed by atoms with Gasteiger partial charge in [0.2, 0.25) is 5.91 Å². The third-order valence-electron chi connectivity index (χ3n) is 3.74. The number of hydrogen-bond donors (Lipinski definition) is 1. The molecular formula is C16H16N2O3S. The van der Waals surface area contributed by atoms with Gasteiger partial charge in [-0.15, -0.1) is 11.3 Å². The number of nitrogens with one attached hydrogen (secondary N) is 1. The number of nitrogens with zero attached hydrogens (tertiary/aromatic N) is 1. The minimum atomic E-state index is -0.0617. The zero-order valence-corrected chi connectivity index (χ0v) is 12.8. The van der Waals surface area contributed by atoms with Crippen molar-refractivity contribution >= 4 is 22.4 Å². The standard InChI is InChI=1S/C16H16N2O3S/c19-15(18-16-17-12(9-22-16)11-2-3-11)8-10-1-4-13-14(7-10)21-6-5-20-13/h1,4,7,9,11H,2-3,5-6,8H2,(H,17,18,19). The number of rotatable bonds is 4. The van der Waals surface area contributed by atoms with Gasteiger partial charge in [-0.1, -0.05) is 6.07 Å². The molecule has 0 radical (unpaired) electrons. The molecule has 114 valence electrons. The summed E-state index contributed by atoms with van der Waals surface area (Å²) < 4.78 is 11.0. The average Bonchev–Trinajstić information content (AvgIpc) is 3.28. The number of carbonyl (C=O) groups excluding carboxylic acids is 1. The van der Waals surface area contributed by atoms with Gasteiger partial charge in [0.1, 0.15) is 13.2 Å². The number of benzene rings is 1. The highest BCUT2D eigenvalue weighted by Crippen LogP contribution is 2.40. The van der Waals surface area contributed by atoms with Crippen molar-refractivity contribution in [2.75, 3.05) is 18.5 Å². The van der Waals surface area contributed by atoms with Crippen molar-refractivity contribution in [2.24, 2.45) is 0 Å². The molecule has 0 bridgehead atoms. The highest BCUT2D eigenvalue weighted by molar-refractivity contribution is 7.13. The van der Waals surface area contributed by atoms with Crippen LogP contribution in [0.15, 0.2) is 23.6 Å².